The van der Waals surface area contributed by atoms with Crippen LogP contribution in [-0.2, 0) is 12.7 Å². The van der Waals surface area contributed by atoms with Crippen LogP contribution in [0.3, 0.4) is 0 Å². The van der Waals surface area contributed by atoms with Gasteiger partial charge in [0.1, 0.15) is 11.6 Å². The van der Waals surface area contributed by atoms with Crippen molar-refractivity contribution in [2.24, 2.45) is 5.84 Å². The van der Waals surface area contributed by atoms with Crippen molar-refractivity contribution in [1.29, 1.82) is 0 Å². The van der Waals surface area contributed by atoms with E-state index in [-0.39, 0.29) is 11.6 Å². The maximum absolute atomic E-state index is 12.6. The first kappa shape index (κ1) is 15.0. The van der Waals surface area contributed by atoms with E-state index in [0.717, 1.165) is 0 Å². The fraction of sp³-hybridized carbons (Fsp3) is 0.400. The van der Waals surface area contributed by atoms with Crippen LogP contribution in [0.1, 0.15) is 12.2 Å². The fourth-order valence-electron chi connectivity index (χ4n) is 1.55. The van der Waals surface area contributed by atoms with Crippen LogP contribution in [-0.4, -0.2) is 31.5 Å². The Balaban J connectivity index is 1.95. The normalized spacial score (nSPS) is 11.4. The van der Waals surface area contributed by atoms with E-state index in [2.05, 4.69) is 31.0 Å². The molecule has 2 aromatic rings. The second kappa shape index (κ2) is 6.35. The third kappa shape index (κ3) is 4.27. The highest BCUT2D eigenvalue weighted by Crippen LogP contribution is 2.28. The summed E-state index contributed by atoms with van der Waals surface area (Å²) in [7, 11) is 0. The van der Waals surface area contributed by atoms with E-state index in [4.69, 9.17) is 5.84 Å². The molecule has 0 aliphatic heterocycles. The number of rotatable bonds is 6. The van der Waals surface area contributed by atoms with Gasteiger partial charge in [0.2, 0.25) is 5.82 Å². The highest BCUT2D eigenvalue weighted by molar-refractivity contribution is 5.47. The van der Waals surface area contributed by atoms with Crippen LogP contribution in [0.25, 0.3) is 0 Å². The lowest BCUT2D eigenvalue weighted by molar-refractivity contribution is -0.144. The summed E-state index contributed by atoms with van der Waals surface area (Å²) in [4.78, 5) is 6.67. The van der Waals surface area contributed by atoms with Crippen molar-refractivity contribution >= 4 is 11.6 Å². The summed E-state index contributed by atoms with van der Waals surface area (Å²) in [5, 5.41) is 10.2. The Morgan fingerprint density at radius 3 is 2.62 bits per heavy atom. The van der Waals surface area contributed by atoms with Crippen LogP contribution in [0.4, 0.5) is 24.8 Å². The molecule has 2 rings (SSSR count). The van der Waals surface area contributed by atoms with Crippen molar-refractivity contribution in [3.8, 4) is 0 Å². The van der Waals surface area contributed by atoms with Crippen molar-refractivity contribution in [3.05, 3.63) is 24.3 Å². The minimum Gasteiger partial charge on any atom is -0.370 e. The molecule has 0 atom stereocenters. The molecule has 0 fully saturated rings. The number of nitrogens with two attached hydrogens (primary N) is 1. The number of hydrazine groups is 1. The van der Waals surface area contributed by atoms with E-state index in [1.54, 1.807) is 17.1 Å². The molecule has 0 saturated carbocycles. The number of hydrogen-bond acceptors (Lipinski definition) is 7. The van der Waals surface area contributed by atoms with Gasteiger partial charge in [-0.2, -0.15) is 13.2 Å². The number of halogens is 3. The van der Waals surface area contributed by atoms with Gasteiger partial charge in [0, 0.05) is 25.4 Å². The van der Waals surface area contributed by atoms with Gasteiger partial charge in [0.05, 0.1) is 6.20 Å². The van der Waals surface area contributed by atoms with E-state index in [0.29, 0.717) is 19.5 Å². The molecule has 0 saturated heterocycles. The van der Waals surface area contributed by atoms with Crippen LogP contribution >= 0.6 is 0 Å². The van der Waals surface area contributed by atoms with Gasteiger partial charge in [-0.1, -0.05) is 5.21 Å². The molecular weight excluding hydrogens is 289 g/mol. The number of nitrogen functional groups attached to an aromatic ring is 1. The average molecular weight is 302 g/mol. The van der Waals surface area contributed by atoms with E-state index in [1.165, 1.54) is 6.07 Å². The van der Waals surface area contributed by atoms with E-state index >= 15 is 0 Å². The summed E-state index contributed by atoms with van der Waals surface area (Å²) in [5.41, 5.74) is 2.08. The molecule has 0 aromatic carbocycles. The average Bonchev–Trinajstić information content (AvgIpc) is 2.95. The third-order valence-electron chi connectivity index (χ3n) is 2.47. The number of nitrogens with zero attached hydrogens (tertiary/aromatic N) is 5. The lowest BCUT2D eigenvalue weighted by Gasteiger charge is -2.11. The van der Waals surface area contributed by atoms with Crippen LogP contribution in [0.15, 0.2) is 18.5 Å². The maximum Gasteiger partial charge on any atom is 0.451 e. The van der Waals surface area contributed by atoms with Crippen molar-refractivity contribution in [2.75, 3.05) is 17.3 Å². The van der Waals surface area contributed by atoms with Gasteiger partial charge in [-0.05, 0) is 6.42 Å². The number of aromatic nitrogens is 5. The summed E-state index contributed by atoms with van der Waals surface area (Å²) in [6.07, 6.45) is -0.750. The Kier molecular flexibility index (Phi) is 4.52. The SMILES string of the molecule is NNc1cc(NCCCn2ccnn2)nc(C(F)(F)F)n1. The number of hydrogen-bond donors (Lipinski definition) is 3. The van der Waals surface area contributed by atoms with Gasteiger partial charge in [0.25, 0.3) is 0 Å². The predicted octanol–water partition coefficient (Wildman–Crippen LogP) is 0.875. The zero-order chi connectivity index (χ0) is 15.3. The Bertz CT molecular complexity index is 568. The molecule has 114 valence electrons. The zero-order valence-electron chi connectivity index (χ0n) is 10.8. The number of alkyl halides is 3. The molecule has 2 heterocycles. The summed E-state index contributed by atoms with van der Waals surface area (Å²) in [6.45, 7) is 1.00. The minimum atomic E-state index is -4.63. The molecule has 2 aromatic heterocycles. The first-order chi connectivity index (χ1) is 9.99. The smallest absolute Gasteiger partial charge is 0.370 e. The highest BCUT2D eigenvalue weighted by Gasteiger charge is 2.35. The molecule has 0 amide bonds. The van der Waals surface area contributed by atoms with Crippen LogP contribution < -0.4 is 16.6 Å². The molecule has 0 unspecified atom stereocenters. The van der Waals surface area contributed by atoms with Crippen LogP contribution in [0.5, 0.6) is 0 Å². The van der Waals surface area contributed by atoms with E-state index in [1.807, 2.05) is 0 Å². The molecule has 0 aliphatic carbocycles. The molecular formula is C10H13F3N8. The standard InChI is InChI=1S/C10H13F3N8/c11-10(12,13)9-17-7(6-8(18-9)19-14)15-2-1-4-21-5-3-16-20-21/h3,5-6H,1-2,4,14H2,(H2,15,17,18,19). The number of aryl methyl sites for hydroxylation is 1. The third-order valence-corrected chi connectivity index (χ3v) is 2.47. The molecule has 0 spiro atoms. The first-order valence-corrected chi connectivity index (χ1v) is 6.00. The molecule has 4 N–H and O–H groups in total. The molecule has 0 bridgehead atoms. The molecule has 11 heteroatoms. The summed E-state index contributed by atoms with van der Waals surface area (Å²) in [6, 6.07) is 1.30. The van der Waals surface area contributed by atoms with Crippen LogP contribution in [0, 0.1) is 0 Å². The second-order valence-electron chi connectivity index (χ2n) is 4.05. The predicted molar refractivity (Wildman–Crippen MR) is 68.0 cm³/mol. The van der Waals surface area contributed by atoms with Gasteiger partial charge in [-0.3, -0.25) is 4.68 Å². The van der Waals surface area contributed by atoms with Gasteiger partial charge >= 0.3 is 6.18 Å². The largest absolute Gasteiger partial charge is 0.451 e. The van der Waals surface area contributed by atoms with E-state index in [9.17, 15) is 13.2 Å². The summed E-state index contributed by atoms with van der Waals surface area (Å²) < 4.78 is 39.5. The van der Waals surface area contributed by atoms with Gasteiger partial charge < -0.3 is 10.7 Å². The van der Waals surface area contributed by atoms with Crippen molar-refractivity contribution in [2.45, 2.75) is 19.1 Å². The molecule has 21 heavy (non-hydrogen) atoms. The molecule has 0 aliphatic rings. The monoisotopic (exact) mass is 302 g/mol. The van der Waals surface area contributed by atoms with Gasteiger partial charge in [-0.25, -0.2) is 15.8 Å². The second-order valence-corrected chi connectivity index (χ2v) is 4.05. The van der Waals surface area contributed by atoms with Crippen molar-refractivity contribution in [1.82, 2.24) is 25.0 Å². The van der Waals surface area contributed by atoms with Gasteiger partial charge in [0.15, 0.2) is 0 Å². The summed E-state index contributed by atoms with van der Waals surface area (Å²) in [5.74, 6) is 3.77. The maximum atomic E-state index is 12.6. The number of nitrogens with one attached hydrogen (secondary N) is 2. The Morgan fingerprint density at radius 1 is 1.24 bits per heavy atom. The molecule has 8 nitrogen and oxygen atoms in total. The lowest BCUT2D eigenvalue weighted by Crippen LogP contribution is -2.17. The summed E-state index contributed by atoms with van der Waals surface area (Å²) >= 11 is 0. The zero-order valence-corrected chi connectivity index (χ0v) is 10.8. The first-order valence-electron chi connectivity index (χ1n) is 6.00. The number of anilines is 2. The lowest BCUT2D eigenvalue weighted by atomic mass is 10.4. The highest BCUT2D eigenvalue weighted by atomic mass is 19.4. The quantitative estimate of drug-likeness (QED) is 0.413. The molecule has 0 radical (unpaired) electrons. The Hall–Kier alpha value is -2.43. The Morgan fingerprint density at radius 2 is 2.00 bits per heavy atom. The topological polar surface area (TPSA) is 107 Å². The van der Waals surface area contributed by atoms with Gasteiger partial charge in [-0.15, -0.1) is 5.10 Å². The van der Waals surface area contributed by atoms with Crippen molar-refractivity contribution < 1.29 is 13.2 Å². The Labute approximate surface area is 117 Å². The minimum absolute atomic E-state index is 0.0452. The fourth-order valence-corrected chi connectivity index (χ4v) is 1.55. The van der Waals surface area contributed by atoms with Crippen molar-refractivity contribution in [3.63, 3.8) is 0 Å². The van der Waals surface area contributed by atoms with E-state index < -0.39 is 12.0 Å². The van der Waals surface area contributed by atoms with Crippen LogP contribution in [0.2, 0.25) is 0 Å².